The van der Waals surface area contributed by atoms with Gasteiger partial charge in [-0.15, -0.1) is 0 Å². The average Bonchev–Trinajstić information content (AvgIpc) is 3.09. The van der Waals surface area contributed by atoms with Gasteiger partial charge in [0.25, 0.3) is 0 Å². The fourth-order valence-electron chi connectivity index (χ4n) is 3.33. The summed E-state index contributed by atoms with van der Waals surface area (Å²) in [5.74, 6) is 1.75. The van der Waals surface area contributed by atoms with Gasteiger partial charge in [-0.25, -0.2) is 4.98 Å². The molecule has 0 amide bonds. The van der Waals surface area contributed by atoms with E-state index in [-0.39, 0.29) is 0 Å². The zero-order chi connectivity index (χ0) is 19.9. The molecule has 0 spiro atoms. The van der Waals surface area contributed by atoms with Crippen molar-refractivity contribution in [3.63, 3.8) is 0 Å². The molecule has 3 rings (SSSR count). The van der Waals surface area contributed by atoms with Crippen molar-refractivity contribution in [2.75, 3.05) is 29.9 Å². The molecule has 5 heteroatoms. The van der Waals surface area contributed by atoms with E-state index in [1.54, 1.807) is 0 Å². The molecule has 0 atom stereocenters. The van der Waals surface area contributed by atoms with Crippen LogP contribution in [0, 0.1) is 0 Å². The van der Waals surface area contributed by atoms with E-state index in [9.17, 15) is 0 Å². The molecule has 0 bridgehead atoms. The summed E-state index contributed by atoms with van der Waals surface area (Å²) in [4.78, 5) is 6.90. The zero-order valence-electron chi connectivity index (χ0n) is 17.3. The summed E-state index contributed by atoms with van der Waals surface area (Å²) >= 11 is 0. The Morgan fingerprint density at radius 1 is 0.964 bits per heavy atom. The number of hydrogen-bond donors (Lipinski definition) is 1. The van der Waals surface area contributed by atoms with Crippen LogP contribution in [0.4, 0.5) is 11.6 Å². The van der Waals surface area contributed by atoms with Gasteiger partial charge < -0.3 is 19.5 Å². The van der Waals surface area contributed by atoms with Crippen molar-refractivity contribution in [1.82, 2.24) is 9.55 Å². The lowest BCUT2D eigenvalue weighted by atomic mass is 10.1. The minimum absolute atomic E-state index is 0.676. The summed E-state index contributed by atoms with van der Waals surface area (Å²) in [6, 6.07) is 16.9. The number of imidazole rings is 1. The molecule has 0 aliphatic heterocycles. The smallest absolute Gasteiger partial charge is 0.203 e. The molecule has 1 heterocycles. The van der Waals surface area contributed by atoms with Crippen LogP contribution in [-0.4, -0.2) is 29.2 Å². The van der Waals surface area contributed by atoms with E-state index in [2.05, 4.69) is 70.0 Å². The van der Waals surface area contributed by atoms with Crippen molar-refractivity contribution >= 4 is 11.6 Å². The van der Waals surface area contributed by atoms with E-state index < -0.39 is 0 Å². The number of nitrogens with one attached hydrogen (secondary N) is 1. The Balaban J connectivity index is 1.66. The number of ether oxygens (including phenoxy) is 1. The minimum Gasteiger partial charge on any atom is -0.494 e. The van der Waals surface area contributed by atoms with Crippen LogP contribution in [0.2, 0.25) is 0 Å². The Morgan fingerprint density at radius 3 is 2.25 bits per heavy atom. The highest BCUT2D eigenvalue weighted by Crippen LogP contribution is 2.24. The lowest BCUT2D eigenvalue weighted by molar-refractivity contribution is 0.340. The number of benzene rings is 2. The fourth-order valence-corrected chi connectivity index (χ4v) is 3.33. The third-order valence-electron chi connectivity index (χ3n) is 4.96. The standard InChI is InChI=1S/C23H30N4O/c1-5-27(6-2)20-12-8-18(9-13-20)16-24-23-25-17-22(26(23)4)19-10-14-21(15-11-19)28-7-3/h8-15,17H,5-7,16H2,1-4H3,(H,24,25). The van der Waals surface area contributed by atoms with E-state index in [4.69, 9.17) is 4.74 Å². The molecule has 1 aromatic heterocycles. The van der Waals surface area contributed by atoms with E-state index in [0.29, 0.717) is 6.61 Å². The molecule has 28 heavy (non-hydrogen) atoms. The first-order valence-electron chi connectivity index (χ1n) is 9.98. The second kappa shape index (κ2) is 9.31. The summed E-state index contributed by atoms with van der Waals surface area (Å²) in [5, 5.41) is 3.44. The third-order valence-corrected chi connectivity index (χ3v) is 4.96. The molecule has 2 aromatic carbocycles. The lowest BCUT2D eigenvalue weighted by Gasteiger charge is -2.21. The highest BCUT2D eigenvalue weighted by Gasteiger charge is 2.09. The van der Waals surface area contributed by atoms with Crippen LogP contribution in [0.3, 0.4) is 0 Å². The van der Waals surface area contributed by atoms with Crippen molar-refractivity contribution in [2.24, 2.45) is 7.05 Å². The van der Waals surface area contributed by atoms with Gasteiger partial charge in [-0.2, -0.15) is 0 Å². The van der Waals surface area contributed by atoms with Crippen LogP contribution >= 0.6 is 0 Å². The first-order chi connectivity index (χ1) is 13.7. The molecule has 5 nitrogen and oxygen atoms in total. The Bertz CT molecular complexity index is 865. The van der Waals surface area contributed by atoms with Crippen LogP contribution < -0.4 is 15.0 Å². The van der Waals surface area contributed by atoms with Gasteiger partial charge in [-0.05, 0) is 62.7 Å². The van der Waals surface area contributed by atoms with Crippen molar-refractivity contribution in [3.05, 3.63) is 60.3 Å². The molecule has 0 aliphatic carbocycles. The van der Waals surface area contributed by atoms with Crippen molar-refractivity contribution in [2.45, 2.75) is 27.3 Å². The van der Waals surface area contributed by atoms with Crippen molar-refractivity contribution in [3.8, 4) is 17.0 Å². The molecule has 3 aromatic rings. The second-order valence-electron chi connectivity index (χ2n) is 6.68. The minimum atomic E-state index is 0.676. The zero-order valence-corrected chi connectivity index (χ0v) is 17.3. The first-order valence-corrected chi connectivity index (χ1v) is 9.98. The van der Waals surface area contributed by atoms with E-state index in [1.165, 1.54) is 11.3 Å². The first kappa shape index (κ1) is 19.8. The van der Waals surface area contributed by atoms with Gasteiger partial charge in [0.05, 0.1) is 18.5 Å². The number of hydrogen-bond acceptors (Lipinski definition) is 4. The molecule has 0 saturated carbocycles. The van der Waals surface area contributed by atoms with Gasteiger partial charge in [0, 0.05) is 37.9 Å². The molecular formula is C23H30N4O. The van der Waals surface area contributed by atoms with Crippen molar-refractivity contribution in [1.29, 1.82) is 0 Å². The second-order valence-corrected chi connectivity index (χ2v) is 6.68. The normalized spacial score (nSPS) is 10.7. The summed E-state index contributed by atoms with van der Waals surface area (Å²) in [6.45, 7) is 9.82. The topological polar surface area (TPSA) is 42.3 Å². The van der Waals surface area contributed by atoms with Crippen LogP contribution in [0.15, 0.2) is 54.7 Å². The molecule has 0 unspecified atom stereocenters. The SMILES string of the molecule is CCOc1ccc(-c2cnc(NCc3ccc(N(CC)CC)cc3)n2C)cc1. The summed E-state index contributed by atoms with van der Waals surface area (Å²) in [6.07, 6.45) is 1.90. The summed E-state index contributed by atoms with van der Waals surface area (Å²) in [7, 11) is 2.03. The van der Waals surface area contributed by atoms with Crippen molar-refractivity contribution < 1.29 is 4.74 Å². The Labute approximate surface area is 168 Å². The van der Waals surface area contributed by atoms with Gasteiger partial charge >= 0.3 is 0 Å². The maximum absolute atomic E-state index is 5.52. The monoisotopic (exact) mass is 378 g/mol. The molecule has 1 N–H and O–H groups in total. The van der Waals surface area contributed by atoms with Gasteiger partial charge in [-0.3, -0.25) is 0 Å². The maximum atomic E-state index is 5.52. The number of anilines is 2. The molecule has 0 saturated heterocycles. The number of aromatic nitrogens is 2. The quantitative estimate of drug-likeness (QED) is 0.572. The average molecular weight is 379 g/mol. The number of rotatable bonds is 9. The molecule has 0 fully saturated rings. The van der Waals surface area contributed by atoms with Crippen LogP contribution in [0.1, 0.15) is 26.3 Å². The lowest BCUT2D eigenvalue weighted by Crippen LogP contribution is -2.21. The molecular weight excluding hydrogens is 348 g/mol. The predicted molar refractivity (Wildman–Crippen MR) is 117 cm³/mol. The maximum Gasteiger partial charge on any atom is 0.203 e. The molecule has 0 aliphatic rings. The van der Waals surface area contributed by atoms with Gasteiger partial charge in [-0.1, -0.05) is 12.1 Å². The third kappa shape index (κ3) is 4.47. The summed E-state index contributed by atoms with van der Waals surface area (Å²) in [5.41, 5.74) is 4.70. The number of nitrogens with zero attached hydrogens (tertiary/aromatic N) is 3. The van der Waals surface area contributed by atoms with E-state index in [1.807, 2.05) is 32.3 Å². The van der Waals surface area contributed by atoms with Crippen LogP contribution in [0.5, 0.6) is 5.75 Å². The Kier molecular flexibility index (Phi) is 6.58. The van der Waals surface area contributed by atoms with Gasteiger partial charge in [0.1, 0.15) is 5.75 Å². The van der Waals surface area contributed by atoms with E-state index >= 15 is 0 Å². The fraction of sp³-hybridized carbons (Fsp3) is 0.348. The highest BCUT2D eigenvalue weighted by molar-refractivity contribution is 5.62. The Hall–Kier alpha value is -2.95. The van der Waals surface area contributed by atoms with Crippen LogP contribution in [0.25, 0.3) is 11.3 Å². The highest BCUT2D eigenvalue weighted by atomic mass is 16.5. The predicted octanol–water partition coefficient (Wildman–Crippen LogP) is 4.94. The van der Waals surface area contributed by atoms with Gasteiger partial charge in [0.2, 0.25) is 5.95 Å². The Morgan fingerprint density at radius 2 is 1.64 bits per heavy atom. The summed E-state index contributed by atoms with van der Waals surface area (Å²) < 4.78 is 7.60. The van der Waals surface area contributed by atoms with Gasteiger partial charge in [0.15, 0.2) is 0 Å². The van der Waals surface area contributed by atoms with E-state index in [0.717, 1.165) is 42.6 Å². The molecule has 0 radical (unpaired) electrons. The largest absolute Gasteiger partial charge is 0.494 e. The van der Waals surface area contributed by atoms with Crippen LogP contribution in [-0.2, 0) is 13.6 Å². The molecule has 148 valence electrons.